The summed E-state index contributed by atoms with van der Waals surface area (Å²) in [5, 5.41) is 9.11. The second-order valence-corrected chi connectivity index (χ2v) is 8.93. The first-order chi connectivity index (χ1) is 11.6. The zero-order valence-corrected chi connectivity index (χ0v) is 14.5. The molecule has 0 spiro atoms. The number of carbonyl (C=O) groups is 2. The van der Waals surface area contributed by atoms with Crippen LogP contribution in [0, 0.1) is 5.82 Å². The molecule has 2 N–H and O–H groups in total. The van der Waals surface area contributed by atoms with Gasteiger partial charge in [0.2, 0.25) is 10.0 Å². The van der Waals surface area contributed by atoms with Crippen molar-refractivity contribution in [2.24, 2.45) is 0 Å². The van der Waals surface area contributed by atoms with E-state index in [-0.39, 0.29) is 11.3 Å². The minimum atomic E-state index is -3.87. The molecule has 1 aromatic rings. The number of hydrogen-bond acceptors (Lipinski definition) is 5. The Morgan fingerprint density at radius 1 is 1.20 bits per heavy atom. The van der Waals surface area contributed by atoms with Crippen LogP contribution >= 0.6 is 0 Å². The molecule has 1 saturated carbocycles. The zero-order chi connectivity index (χ0) is 18.4. The third-order valence-electron chi connectivity index (χ3n) is 4.84. The molecule has 0 bridgehead atoms. The smallest absolute Gasteiger partial charge is 0.338 e. The summed E-state index contributed by atoms with van der Waals surface area (Å²) in [5.41, 5.74) is -0.474. The molecule has 1 heterocycles. The second-order valence-electron chi connectivity index (χ2n) is 6.73. The summed E-state index contributed by atoms with van der Waals surface area (Å²) in [6.07, 6.45) is 2.64. The lowest BCUT2D eigenvalue weighted by Crippen LogP contribution is -2.39. The molecule has 0 atom stereocenters. The van der Waals surface area contributed by atoms with Gasteiger partial charge in [-0.15, -0.1) is 0 Å². The number of benzene rings is 1. The molecule has 9 heteroatoms. The number of amides is 1. The quantitative estimate of drug-likeness (QED) is 0.818. The number of halogens is 1. The first-order valence-corrected chi connectivity index (χ1v) is 9.51. The van der Waals surface area contributed by atoms with E-state index < -0.39 is 38.0 Å². The van der Waals surface area contributed by atoms with Crippen LogP contribution in [0.1, 0.15) is 53.3 Å². The number of carboxylic acids is 1. The third kappa shape index (κ3) is 3.20. The molecule has 1 aliphatic heterocycles. The summed E-state index contributed by atoms with van der Waals surface area (Å²) in [6.45, 7) is 2.73. The molecule has 2 fully saturated rings. The van der Waals surface area contributed by atoms with Crippen LogP contribution in [0.3, 0.4) is 0 Å². The number of nitrogens with zero attached hydrogens (tertiary/aromatic N) is 1. The Bertz CT molecular complexity index is 842. The van der Waals surface area contributed by atoms with Gasteiger partial charge in [0.15, 0.2) is 0 Å². The van der Waals surface area contributed by atoms with Crippen molar-refractivity contribution >= 4 is 27.6 Å². The highest BCUT2D eigenvalue weighted by Gasteiger charge is 2.51. The molecule has 0 radical (unpaired) electrons. The van der Waals surface area contributed by atoms with Gasteiger partial charge >= 0.3 is 5.97 Å². The molecule has 1 saturated heterocycles. The third-order valence-corrected chi connectivity index (χ3v) is 7.00. The highest BCUT2D eigenvalue weighted by atomic mass is 32.2. The normalized spacial score (nSPS) is 18.9. The molecule has 0 aromatic heterocycles. The van der Waals surface area contributed by atoms with Crippen LogP contribution in [-0.2, 0) is 10.0 Å². The standard InChI is InChI=1S/C16H19FN2O5S/c1-16(4-5-16)25(23,24)18-14(20)11-8-12(17)10(15(21)22)9-13(11)19-6-2-3-7-19/h8-9H,2-7H2,1H3,(H,18,20)(H,21,22). The van der Waals surface area contributed by atoms with E-state index in [1.165, 1.54) is 6.92 Å². The number of sulfonamides is 1. The maximum Gasteiger partial charge on any atom is 0.338 e. The van der Waals surface area contributed by atoms with Crippen molar-refractivity contribution < 1.29 is 27.5 Å². The van der Waals surface area contributed by atoms with E-state index in [4.69, 9.17) is 5.11 Å². The average Bonchev–Trinajstić information content (AvgIpc) is 3.08. The molecule has 1 aliphatic carbocycles. The van der Waals surface area contributed by atoms with Crippen LogP contribution in [0.25, 0.3) is 0 Å². The monoisotopic (exact) mass is 370 g/mol. The van der Waals surface area contributed by atoms with Crippen molar-refractivity contribution in [3.05, 3.63) is 29.1 Å². The van der Waals surface area contributed by atoms with Gasteiger partial charge in [0.05, 0.1) is 21.6 Å². The molecule has 136 valence electrons. The molecular weight excluding hydrogens is 351 g/mol. The summed E-state index contributed by atoms with van der Waals surface area (Å²) >= 11 is 0. The largest absolute Gasteiger partial charge is 0.478 e. The Morgan fingerprint density at radius 2 is 1.80 bits per heavy atom. The fraction of sp³-hybridized carbons (Fsp3) is 0.500. The highest BCUT2D eigenvalue weighted by Crippen LogP contribution is 2.42. The number of rotatable bonds is 5. The van der Waals surface area contributed by atoms with E-state index in [9.17, 15) is 22.4 Å². The fourth-order valence-electron chi connectivity index (χ4n) is 2.87. The van der Waals surface area contributed by atoms with E-state index in [2.05, 4.69) is 0 Å². The maximum absolute atomic E-state index is 14.1. The summed E-state index contributed by atoms with van der Waals surface area (Å²) in [5.74, 6) is -3.45. The lowest BCUT2D eigenvalue weighted by atomic mass is 10.1. The Hall–Kier alpha value is -2.16. The number of carbonyl (C=O) groups excluding carboxylic acids is 1. The van der Waals surface area contributed by atoms with Crippen LogP contribution in [-0.4, -0.2) is 43.2 Å². The van der Waals surface area contributed by atoms with Gasteiger partial charge in [-0.25, -0.2) is 22.3 Å². The predicted octanol–water partition coefficient (Wildman–Crippen LogP) is 1.74. The van der Waals surface area contributed by atoms with Crippen molar-refractivity contribution in [2.45, 2.75) is 37.4 Å². The van der Waals surface area contributed by atoms with Gasteiger partial charge in [-0.3, -0.25) is 4.79 Å². The molecule has 1 amide bonds. The maximum atomic E-state index is 14.1. The molecule has 1 aromatic carbocycles. The minimum absolute atomic E-state index is 0.169. The van der Waals surface area contributed by atoms with Crippen LogP contribution in [0.15, 0.2) is 12.1 Å². The fourth-order valence-corrected chi connectivity index (χ4v) is 4.11. The number of aromatic carboxylic acids is 1. The van der Waals surface area contributed by atoms with E-state index in [1.54, 1.807) is 4.90 Å². The summed E-state index contributed by atoms with van der Waals surface area (Å²) < 4.78 is 39.6. The first kappa shape index (κ1) is 17.7. The topological polar surface area (TPSA) is 104 Å². The SMILES string of the molecule is CC1(S(=O)(=O)NC(=O)c2cc(F)c(C(=O)O)cc2N2CCCC2)CC1. The molecule has 0 unspecified atom stereocenters. The van der Waals surface area contributed by atoms with E-state index in [0.717, 1.165) is 25.0 Å². The molecule has 7 nitrogen and oxygen atoms in total. The number of hydrogen-bond donors (Lipinski definition) is 2. The van der Waals surface area contributed by atoms with Gasteiger partial charge < -0.3 is 10.0 Å². The van der Waals surface area contributed by atoms with Gasteiger partial charge in [-0.2, -0.15) is 0 Å². The van der Waals surface area contributed by atoms with Gasteiger partial charge in [-0.1, -0.05) is 0 Å². The van der Waals surface area contributed by atoms with Crippen LogP contribution < -0.4 is 9.62 Å². The van der Waals surface area contributed by atoms with E-state index >= 15 is 0 Å². The molecule has 2 aliphatic rings. The van der Waals surface area contributed by atoms with Gasteiger partial charge in [0.25, 0.3) is 5.91 Å². The predicted molar refractivity (Wildman–Crippen MR) is 88.8 cm³/mol. The van der Waals surface area contributed by atoms with Crippen molar-refractivity contribution in [3.8, 4) is 0 Å². The number of nitrogens with one attached hydrogen (secondary N) is 1. The molecule has 3 rings (SSSR count). The number of carboxylic acid groups (broad SMARTS) is 1. The molecule has 25 heavy (non-hydrogen) atoms. The van der Waals surface area contributed by atoms with E-state index in [0.29, 0.717) is 25.9 Å². The van der Waals surface area contributed by atoms with Crippen molar-refractivity contribution in [2.75, 3.05) is 18.0 Å². The Morgan fingerprint density at radius 3 is 2.32 bits per heavy atom. The van der Waals surface area contributed by atoms with Crippen molar-refractivity contribution in [3.63, 3.8) is 0 Å². The van der Waals surface area contributed by atoms with Crippen LogP contribution in [0.5, 0.6) is 0 Å². The van der Waals surface area contributed by atoms with Gasteiger partial charge in [-0.05, 0) is 44.7 Å². The minimum Gasteiger partial charge on any atom is -0.478 e. The Kier molecular flexibility index (Phi) is 4.22. The summed E-state index contributed by atoms with van der Waals surface area (Å²) in [4.78, 5) is 25.5. The van der Waals surface area contributed by atoms with Gasteiger partial charge in [0.1, 0.15) is 5.82 Å². The second kappa shape index (κ2) is 5.98. The number of anilines is 1. The van der Waals surface area contributed by atoms with Crippen LogP contribution in [0.4, 0.5) is 10.1 Å². The lowest BCUT2D eigenvalue weighted by Gasteiger charge is -2.22. The molecular formula is C16H19FN2O5S. The van der Waals surface area contributed by atoms with Gasteiger partial charge in [0, 0.05) is 13.1 Å². The lowest BCUT2D eigenvalue weighted by molar-refractivity contribution is 0.0691. The van der Waals surface area contributed by atoms with Crippen LogP contribution in [0.2, 0.25) is 0 Å². The zero-order valence-electron chi connectivity index (χ0n) is 13.7. The highest BCUT2D eigenvalue weighted by molar-refractivity contribution is 7.91. The van der Waals surface area contributed by atoms with E-state index in [1.807, 2.05) is 4.72 Å². The summed E-state index contributed by atoms with van der Waals surface area (Å²) in [7, 11) is -3.87. The average molecular weight is 370 g/mol. The first-order valence-electron chi connectivity index (χ1n) is 8.03. The van der Waals surface area contributed by atoms with Crippen molar-refractivity contribution in [1.82, 2.24) is 4.72 Å². The Balaban J connectivity index is 2.00. The summed E-state index contributed by atoms with van der Waals surface area (Å²) in [6, 6.07) is 1.90. The Labute approximate surface area is 144 Å². The van der Waals surface area contributed by atoms with Crippen molar-refractivity contribution in [1.29, 1.82) is 0 Å².